The molecule has 0 saturated heterocycles. The van der Waals surface area contributed by atoms with Crippen LogP contribution in [-0.2, 0) is 6.42 Å². The maximum Gasteiger partial charge on any atom is 0.0640 e. The minimum Gasteiger partial charge on any atom is -0.327 e. The van der Waals surface area contributed by atoms with Crippen LogP contribution in [-0.4, -0.2) is 41.4 Å². The van der Waals surface area contributed by atoms with Crippen molar-refractivity contribution >= 4 is 0 Å². The molecule has 1 atom stereocenters. The van der Waals surface area contributed by atoms with Gasteiger partial charge in [0.15, 0.2) is 0 Å². The molecule has 0 saturated carbocycles. The molecule has 0 fully saturated rings. The highest BCUT2D eigenvalue weighted by atomic mass is 15.3. The average molecular weight is 224 g/mol. The summed E-state index contributed by atoms with van der Waals surface area (Å²) in [5.74, 6) is 0. The van der Waals surface area contributed by atoms with E-state index in [1.165, 1.54) is 0 Å². The molecule has 0 radical (unpaired) electrons. The van der Waals surface area contributed by atoms with E-state index in [9.17, 15) is 0 Å². The highest BCUT2D eigenvalue weighted by molar-refractivity contribution is 5.01. The van der Waals surface area contributed by atoms with Gasteiger partial charge in [0.05, 0.1) is 5.69 Å². The van der Waals surface area contributed by atoms with E-state index in [0.29, 0.717) is 6.04 Å². The second-order valence-corrected chi connectivity index (χ2v) is 4.94. The molecular weight excluding hydrogens is 200 g/mol. The standard InChI is InChI=1S/C12H24N4/c1-10(2)16-8-6-12(14-16)9-11(13)5-7-15(3)4/h6,8,10-11H,5,7,9,13H2,1-4H3. The third-order valence-electron chi connectivity index (χ3n) is 2.61. The molecular formula is C12H24N4. The minimum atomic E-state index is 0.206. The first-order chi connectivity index (χ1) is 7.49. The van der Waals surface area contributed by atoms with E-state index >= 15 is 0 Å². The van der Waals surface area contributed by atoms with E-state index in [2.05, 4.69) is 44.0 Å². The number of aromatic nitrogens is 2. The fraction of sp³-hybridized carbons (Fsp3) is 0.750. The third-order valence-corrected chi connectivity index (χ3v) is 2.61. The topological polar surface area (TPSA) is 47.1 Å². The zero-order chi connectivity index (χ0) is 12.1. The van der Waals surface area contributed by atoms with Crippen molar-refractivity contribution in [3.8, 4) is 0 Å². The summed E-state index contributed by atoms with van der Waals surface area (Å²) in [6, 6.07) is 2.69. The number of nitrogens with zero attached hydrogens (tertiary/aromatic N) is 3. The van der Waals surface area contributed by atoms with Crippen molar-refractivity contribution in [2.45, 2.75) is 38.8 Å². The lowest BCUT2D eigenvalue weighted by Gasteiger charge is -2.14. The van der Waals surface area contributed by atoms with Gasteiger partial charge in [0, 0.05) is 24.7 Å². The Bertz CT molecular complexity index is 304. The van der Waals surface area contributed by atoms with Gasteiger partial charge < -0.3 is 10.6 Å². The summed E-state index contributed by atoms with van der Waals surface area (Å²) in [6.07, 6.45) is 3.91. The Labute approximate surface area is 98.4 Å². The van der Waals surface area contributed by atoms with Crippen LogP contribution in [0.15, 0.2) is 12.3 Å². The molecule has 2 N–H and O–H groups in total. The van der Waals surface area contributed by atoms with Crippen LogP contribution in [0.4, 0.5) is 0 Å². The van der Waals surface area contributed by atoms with E-state index in [4.69, 9.17) is 5.73 Å². The monoisotopic (exact) mass is 224 g/mol. The predicted molar refractivity (Wildman–Crippen MR) is 67.5 cm³/mol. The van der Waals surface area contributed by atoms with Gasteiger partial charge in [-0.3, -0.25) is 4.68 Å². The summed E-state index contributed by atoms with van der Waals surface area (Å²) in [5, 5.41) is 4.50. The zero-order valence-electron chi connectivity index (χ0n) is 10.8. The first-order valence-corrected chi connectivity index (χ1v) is 5.93. The highest BCUT2D eigenvalue weighted by Crippen LogP contribution is 2.06. The van der Waals surface area contributed by atoms with E-state index in [1.54, 1.807) is 0 Å². The lowest BCUT2D eigenvalue weighted by atomic mass is 10.1. The molecule has 16 heavy (non-hydrogen) atoms. The fourth-order valence-electron chi connectivity index (χ4n) is 1.57. The van der Waals surface area contributed by atoms with Crippen molar-refractivity contribution in [2.24, 2.45) is 5.73 Å². The van der Waals surface area contributed by atoms with Gasteiger partial charge in [-0.05, 0) is 47.0 Å². The van der Waals surface area contributed by atoms with Crippen molar-refractivity contribution in [3.63, 3.8) is 0 Å². The SMILES string of the molecule is CC(C)n1ccc(CC(N)CCN(C)C)n1. The summed E-state index contributed by atoms with van der Waals surface area (Å²) in [5.41, 5.74) is 7.16. The van der Waals surface area contributed by atoms with Gasteiger partial charge >= 0.3 is 0 Å². The Morgan fingerprint density at radius 2 is 2.12 bits per heavy atom. The van der Waals surface area contributed by atoms with Crippen molar-refractivity contribution in [1.82, 2.24) is 14.7 Å². The molecule has 0 aliphatic carbocycles. The van der Waals surface area contributed by atoms with Gasteiger partial charge in [0.2, 0.25) is 0 Å². The third kappa shape index (κ3) is 4.33. The van der Waals surface area contributed by atoms with Gasteiger partial charge in [-0.2, -0.15) is 5.10 Å². The van der Waals surface area contributed by atoms with Crippen LogP contribution in [0.2, 0.25) is 0 Å². The van der Waals surface area contributed by atoms with Gasteiger partial charge in [-0.1, -0.05) is 0 Å². The van der Waals surface area contributed by atoms with Crippen molar-refractivity contribution in [2.75, 3.05) is 20.6 Å². The largest absolute Gasteiger partial charge is 0.327 e. The van der Waals surface area contributed by atoms with Crippen LogP contribution in [0.3, 0.4) is 0 Å². The molecule has 0 aromatic carbocycles. The maximum absolute atomic E-state index is 6.06. The highest BCUT2D eigenvalue weighted by Gasteiger charge is 2.08. The quantitative estimate of drug-likeness (QED) is 0.792. The first-order valence-electron chi connectivity index (χ1n) is 5.93. The van der Waals surface area contributed by atoms with Crippen LogP contribution in [0.1, 0.15) is 32.0 Å². The molecule has 0 aliphatic rings. The summed E-state index contributed by atoms with van der Waals surface area (Å²) in [7, 11) is 4.14. The van der Waals surface area contributed by atoms with Crippen LogP contribution in [0.25, 0.3) is 0 Å². The molecule has 92 valence electrons. The van der Waals surface area contributed by atoms with Gasteiger partial charge in [-0.25, -0.2) is 0 Å². The number of hydrogen-bond donors (Lipinski definition) is 1. The Morgan fingerprint density at radius 3 is 2.62 bits per heavy atom. The summed E-state index contributed by atoms with van der Waals surface area (Å²) in [4.78, 5) is 2.16. The molecule has 0 amide bonds. The summed E-state index contributed by atoms with van der Waals surface area (Å²) >= 11 is 0. The molecule has 4 heteroatoms. The van der Waals surface area contributed by atoms with Crippen LogP contribution >= 0.6 is 0 Å². The average Bonchev–Trinajstić information content (AvgIpc) is 2.63. The van der Waals surface area contributed by atoms with Crippen molar-refractivity contribution in [3.05, 3.63) is 18.0 Å². The molecule has 1 aromatic heterocycles. The maximum atomic E-state index is 6.06. The lowest BCUT2D eigenvalue weighted by molar-refractivity contribution is 0.378. The predicted octanol–water partition coefficient (Wildman–Crippen LogP) is 1.29. The first kappa shape index (κ1) is 13.2. The van der Waals surface area contributed by atoms with Crippen molar-refractivity contribution in [1.29, 1.82) is 0 Å². The smallest absolute Gasteiger partial charge is 0.0640 e. The van der Waals surface area contributed by atoms with Crippen LogP contribution in [0, 0.1) is 0 Å². The Balaban J connectivity index is 2.40. The molecule has 1 unspecified atom stereocenters. The number of nitrogens with two attached hydrogens (primary N) is 1. The second-order valence-electron chi connectivity index (χ2n) is 4.94. The Kier molecular flexibility index (Phi) is 4.96. The molecule has 0 aliphatic heterocycles. The van der Waals surface area contributed by atoms with Gasteiger partial charge in [-0.15, -0.1) is 0 Å². The van der Waals surface area contributed by atoms with E-state index in [0.717, 1.165) is 25.1 Å². The van der Waals surface area contributed by atoms with Gasteiger partial charge in [0.1, 0.15) is 0 Å². The Hall–Kier alpha value is -0.870. The molecule has 0 bridgehead atoms. The molecule has 1 rings (SSSR count). The second kappa shape index (κ2) is 6.01. The minimum absolute atomic E-state index is 0.206. The van der Waals surface area contributed by atoms with Crippen LogP contribution in [0.5, 0.6) is 0 Å². The molecule has 1 aromatic rings. The van der Waals surface area contributed by atoms with Crippen molar-refractivity contribution < 1.29 is 0 Å². The fourth-order valence-corrected chi connectivity index (χ4v) is 1.57. The molecule has 1 heterocycles. The molecule has 0 spiro atoms. The lowest BCUT2D eigenvalue weighted by Crippen LogP contribution is -2.28. The van der Waals surface area contributed by atoms with Gasteiger partial charge in [0.25, 0.3) is 0 Å². The van der Waals surface area contributed by atoms with Crippen LogP contribution < -0.4 is 5.73 Å². The number of hydrogen-bond acceptors (Lipinski definition) is 3. The summed E-state index contributed by atoms with van der Waals surface area (Å²) in [6.45, 7) is 5.29. The zero-order valence-corrected chi connectivity index (χ0v) is 10.8. The van der Waals surface area contributed by atoms with E-state index in [-0.39, 0.29) is 6.04 Å². The molecule has 4 nitrogen and oxygen atoms in total. The summed E-state index contributed by atoms with van der Waals surface area (Å²) < 4.78 is 1.98. The Morgan fingerprint density at radius 1 is 1.44 bits per heavy atom. The normalized spacial score (nSPS) is 13.7. The van der Waals surface area contributed by atoms with E-state index in [1.807, 2.05) is 10.9 Å². The number of rotatable bonds is 6. The van der Waals surface area contributed by atoms with E-state index < -0.39 is 0 Å².